The summed E-state index contributed by atoms with van der Waals surface area (Å²) in [5.74, 6) is -2.84. The summed E-state index contributed by atoms with van der Waals surface area (Å²) in [6, 6.07) is 0.745. The Morgan fingerprint density at radius 3 is 2.62 bits per heavy atom. The van der Waals surface area contributed by atoms with E-state index in [0.717, 1.165) is 18.3 Å². The highest BCUT2D eigenvalue weighted by Crippen LogP contribution is 1.99. The van der Waals surface area contributed by atoms with Crippen LogP contribution in [0.25, 0.3) is 0 Å². The van der Waals surface area contributed by atoms with Crippen molar-refractivity contribution in [1.82, 2.24) is 10.3 Å². The van der Waals surface area contributed by atoms with Crippen LogP contribution in [0.15, 0.2) is 18.3 Å². The molecule has 16 heavy (non-hydrogen) atoms. The zero-order valence-electron chi connectivity index (χ0n) is 8.05. The van der Waals surface area contributed by atoms with Crippen LogP contribution in [-0.4, -0.2) is 39.7 Å². The average Bonchev–Trinajstić information content (AvgIpc) is 2.26. The van der Waals surface area contributed by atoms with Crippen LogP contribution < -0.4 is 5.32 Å². The molecule has 86 valence electrons. The number of amides is 1. The Morgan fingerprint density at radius 2 is 2.19 bits per heavy atom. The first kappa shape index (κ1) is 12.1. The lowest BCUT2D eigenvalue weighted by Crippen LogP contribution is -2.43. The van der Waals surface area contributed by atoms with Gasteiger partial charge in [-0.05, 0) is 12.1 Å². The minimum atomic E-state index is -1.39. The molecule has 0 bridgehead atoms. The summed E-state index contributed by atoms with van der Waals surface area (Å²) in [6.45, 7) is -0.726. The van der Waals surface area contributed by atoms with E-state index in [1.807, 2.05) is 0 Å². The van der Waals surface area contributed by atoms with Crippen LogP contribution in [0.5, 0.6) is 0 Å². The molecule has 3 N–H and O–H groups in total. The third kappa shape index (κ3) is 2.99. The van der Waals surface area contributed by atoms with Crippen molar-refractivity contribution in [3.63, 3.8) is 0 Å². The number of aliphatic carboxylic acids is 1. The topological polar surface area (TPSA) is 99.5 Å². The minimum absolute atomic E-state index is 0.0149. The molecule has 1 aromatic heterocycles. The van der Waals surface area contributed by atoms with Crippen molar-refractivity contribution < 1.29 is 24.2 Å². The fourth-order valence-corrected chi connectivity index (χ4v) is 0.937. The Balaban J connectivity index is 2.71. The number of carboxylic acid groups (broad SMARTS) is 1. The normalized spacial score (nSPS) is 11.9. The Morgan fingerprint density at radius 1 is 1.50 bits per heavy atom. The van der Waals surface area contributed by atoms with E-state index in [1.165, 1.54) is 0 Å². The van der Waals surface area contributed by atoms with Gasteiger partial charge in [-0.25, -0.2) is 9.78 Å². The number of halogens is 1. The molecule has 0 radical (unpaired) electrons. The highest BCUT2D eigenvalue weighted by atomic mass is 19.1. The predicted octanol–water partition coefficient (Wildman–Crippen LogP) is -0.604. The Hall–Kier alpha value is -2.02. The van der Waals surface area contributed by atoms with Gasteiger partial charge in [0.2, 0.25) is 5.95 Å². The van der Waals surface area contributed by atoms with Gasteiger partial charge in [-0.2, -0.15) is 4.39 Å². The fraction of sp³-hybridized carbons (Fsp3) is 0.222. The summed E-state index contributed by atoms with van der Waals surface area (Å²) in [5.41, 5.74) is 0.0149. The van der Waals surface area contributed by atoms with Crippen LogP contribution in [0.3, 0.4) is 0 Å². The molecule has 1 rings (SSSR count). The van der Waals surface area contributed by atoms with E-state index in [-0.39, 0.29) is 5.56 Å². The van der Waals surface area contributed by atoms with Crippen molar-refractivity contribution in [3.05, 3.63) is 29.8 Å². The lowest BCUT2D eigenvalue weighted by molar-refractivity contribution is -0.140. The van der Waals surface area contributed by atoms with Crippen LogP contribution in [0.4, 0.5) is 4.39 Å². The van der Waals surface area contributed by atoms with E-state index >= 15 is 0 Å². The standard InChI is InChI=1S/C9H9FN2O4/c10-7-2-1-5(3-11-7)8(14)12-6(4-13)9(15)16/h1-3,6,13H,4H2,(H,12,14)(H,15,16). The smallest absolute Gasteiger partial charge is 0.328 e. The van der Waals surface area contributed by atoms with Crippen molar-refractivity contribution in [3.8, 4) is 0 Å². The third-order valence-corrected chi connectivity index (χ3v) is 1.78. The first-order chi connectivity index (χ1) is 7.54. The highest BCUT2D eigenvalue weighted by molar-refractivity contribution is 5.96. The van der Waals surface area contributed by atoms with Gasteiger partial charge in [-0.15, -0.1) is 0 Å². The number of nitrogens with one attached hydrogen (secondary N) is 1. The Kier molecular flexibility index (Phi) is 3.90. The number of pyridine rings is 1. The Labute approximate surface area is 89.7 Å². The van der Waals surface area contributed by atoms with Crippen LogP contribution >= 0.6 is 0 Å². The number of aromatic nitrogens is 1. The second kappa shape index (κ2) is 5.17. The SMILES string of the molecule is O=C(NC(CO)C(=O)O)c1ccc(F)nc1. The second-order valence-corrected chi connectivity index (χ2v) is 2.92. The average molecular weight is 228 g/mol. The molecule has 0 saturated heterocycles. The number of carboxylic acids is 1. The molecule has 0 aliphatic carbocycles. The maximum Gasteiger partial charge on any atom is 0.328 e. The summed E-state index contributed by atoms with van der Waals surface area (Å²) in [5, 5.41) is 19.3. The number of carbonyl (C=O) groups is 2. The zero-order chi connectivity index (χ0) is 12.1. The largest absolute Gasteiger partial charge is 0.480 e. The molecule has 6 nitrogen and oxygen atoms in total. The molecule has 0 aliphatic rings. The van der Waals surface area contributed by atoms with Gasteiger partial charge < -0.3 is 15.5 Å². The summed E-state index contributed by atoms with van der Waals surface area (Å²) in [4.78, 5) is 25.1. The van der Waals surface area contributed by atoms with E-state index in [0.29, 0.717) is 0 Å². The third-order valence-electron chi connectivity index (χ3n) is 1.78. The quantitative estimate of drug-likeness (QED) is 0.597. The first-order valence-corrected chi connectivity index (χ1v) is 4.30. The van der Waals surface area contributed by atoms with Crippen molar-refractivity contribution in [2.24, 2.45) is 0 Å². The van der Waals surface area contributed by atoms with Gasteiger partial charge in [0.05, 0.1) is 12.2 Å². The molecule has 0 aliphatic heterocycles. The van der Waals surface area contributed by atoms with Crippen LogP contribution in [-0.2, 0) is 4.79 Å². The summed E-state index contributed by atoms with van der Waals surface area (Å²) in [6.07, 6.45) is 0.973. The minimum Gasteiger partial charge on any atom is -0.480 e. The van der Waals surface area contributed by atoms with Gasteiger partial charge in [-0.1, -0.05) is 0 Å². The molecular formula is C9H9FN2O4. The van der Waals surface area contributed by atoms with Gasteiger partial charge in [0.25, 0.3) is 5.91 Å². The van der Waals surface area contributed by atoms with E-state index in [4.69, 9.17) is 10.2 Å². The van der Waals surface area contributed by atoms with Crippen LogP contribution in [0, 0.1) is 5.95 Å². The molecular weight excluding hydrogens is 219 g/mol. The fourth-order valence-electron chi connectivity index (χ4n) is 0.937. The molecule has 1 amide bonds. The van der Waals surface area contributed by atoms with Crippen molar-refractivity contribution in [2.45, 2.75) is 6.04 Å². The molecule has 0 saturated carbocycles. The molecule has 7 heteroatoms. The zero-order valence-corrected chi connectivity index (χ0v) is 8.05. The van der Waals surface area contributed by atoms with Gasteiger partial charge in [-0.3, -0.25) is 4.79 Å². The number of hydrogen-bond donors (Lipinski definition) is 3. The lowest BCUT2D eigenvalue weighted by Gasteiger charge is -2.10. The van der Waals surface area contributed by atoms with E-state index < -0.39 is 30.5 Å². The van der Waals surface area contributed by atoms with Crippen molar-refractivity contribution >= 4 is 11.9 Å². The van der Waals surface area contributed by atoms with Gasteiger partial charge in [0.15, 0.2) is 6.04 Å². The van der Waals surface area contributed by atoms with Gasteiger partial charge in [0, 0.05) is 6.20 Å². The number of hydrogen-bond acceptors (Lipinski definition) is 4. The monoisotopic (exact) mass is 228 g/mol. The molecule has 1 heterocycles. The van der Waals surface area contributed by atoms with Gasteiger partial charge in [0.1, 0.15) is 0 Å². The second-order valence-electron chi connectivity index (χ2n) is 2.92. The Bertz CT molecular complexity index is 393. The van der Waals surface area contributed by atoms with Crippen molar-refractivity contribution in [1.29, 1.82) is 0 Å². The van der Waals surface area contributed by atoms with E-state index in [2.05, 4.69) is 10.3 Å². The number of aliphatic hydroxyl groups is 1. The summed E-state index contributed by atoms with van der Waals surface area (Å²) in [7, 11) is 0. The van der Waals surface area contributed by atoms with E-state index in [9.17, 15) is 14.0 Å². The number of aliphatic hydroxyl groups excluding tert-OH is 1. The summed E-state index contributed by atoms with van der Waals surface area (Å²) >= 11 is 0. The molecule has 1 aromatic rings. The molecule has 0 aromatic carbocycles. The van der Waals surface area contributed by atoms with Crippen LogP contribution in [0.1, 0.15) is 10.4 Å². The number of nitrogens with zero attached hydrogens (tertiary/aromatic N) is 1. The van der Waals surface area contributed by atoms with Crippen LogP contribution in [0.2, 0.25) is 0 Å². The van der Waals surface area contributed by atoms with Gasteiger partial charge >= 0.3 is 5.97 Å². The van der Waals surface area contributed by atoms with E-state index in [1.54, 1.807) is 0 Å². The maximum absolute atomic E-state index is 12.4. The maximum atomic E-state index is 12.4. The molecule has 1 unspecified atom stereocenters. The number of rotatable bonds is 4. The predicted molar refractivity (Wildman–Crippen MR) is 50.2 cm³/mol. The first-order valence-electron chi connectivity index (χ1n) is 4.30. The molecule has 0 spiro atoms. The molecule has 1 atom stereocenters. The number of carbonyl (C=O) groups excluding carboxylic acids is 1. The lowest BCUT2D eigenvalue weighted by atomic mass is 10.2. The highest BCUT2D eigenvalue weighted by Gasteiger charge is 2.19. The summed E-state index contributed by atoms with van der Waals surface area (Å²) < 4.78 is 12.4. The van der Waals surface area contributed by atoms with Crippen molar-refractivity contribution in [2.75, 3.05) is 6.61 Å². The molecule has 0 fully saturated rings.